The van der Waals surface area contributed by atoms with Crippen molar-refractivity contribution in [3.8, 4) is 0 Å². The van der Waals surface area contributed by atoms with Gasteiger partial charge in [-0.3, -0.25) is 0 Å². The topological polar surface area (TPSA) is 42.2 Å². The van der Waals surface area contributed by atoms with Crippen LogP contribution in [0.15, 0.2) is 6.07 Å². The molecule has 0 fully saturated rings. The minimum absolute atomic E-state index is 0.206. The lowest BCUT2D eigenvalue weighted by atomic mass is 10.1. The summed E-state index contributed by atoms with van der Waals surface area (Å²) in [5, 5.41) is 0. The molecule has 0 bridgehead atoms. The number of aryl methyl sites for hydroxylation is 2. The monoisotopic (exact) mass is 259 g/mol. The van der Waals surface area contributed by atoms with Crippen LogP contribution < -0.4 is 10.6 Å². The summed E-state index contributed by atoms with van der Waals surface area (Å²) in [6.45, 7) is -0.802. The van der Waals surface area contributed by atoms with E-state index in [9.17, 15) is 13.2 Å². The van der Waals surface area contributed by atoms with Crippen LogP contribution in [0.1, 0.15) is 23.2 Å². The molecule has 0 saturated heterocycles. The average Bonchev–Trinajstić information content (AvgIpc) is 2.71. The zero-order valence-corrected chi connectivity index (χ0v) is 10.2. The Bertz CT molecular complexity index is 443. The predicted octanol–water partition coefficient (Wildman–Crippen LogP) is 2.03. The highest BCUT2D eigenvalue weighted by Gasteiger charge is 2.31. The van der Waals surface area contributed by atoms with E-state index < -0.39 is 12.7 Å². The molecule has 2 rings (SSSR count). The van der Waals surface area contributed by atoms with Gasteiger partial charge >= 0.3 is 6.18 Å². The number of rotatable bonds is 3. The van der Waals surface area contributed by atoms with Crippen LogP contribution in [-0.4, -0.2) is 24.8 Å². The largest absolute Gasteiger partial charge is 0.405 e. The van der Waals surface area contributed by atoms with Gasteiger partial charge in [-0.15, -0.1) is 0 Å². The fourth-order valence-electron chi connectivity index (χ4n) is 2.33. The number of hydrogen-bond donors (Lipinski definition) is 1. The molecule has 6 heteroatoms. The van der Waals surface area contributed by atoms with Gasteiger partial charge in [0.25, 0.3) is 0 Å². The first-order valence-electron chi connectivity index (χ1n) is 5.90. The number of anilines is 1. The van der Waals surface area contributed by atoms with Crippen molar-refractivity contribution in [1.29, 1.82) is 0 Å². The van der Waals surface area contributed by atoms with Crippen LogP contribution in [0.5, 0.6) is 0 Å². The Morgan fingerprint density at radius 2 is 2.11 bits per heavy atom. The normalized spacial score (nSPS) is 14.7. The summed E-state index contributed by atoms with van der Waals surface area (Å²) < 4.78 is 37.2. The van der Waals surface area contributed by atoms with E-state index in [4.69, 9.17) is 5.73 Å². The number of nitrogens with zero attached hydrogens (tertiary/aromatic N) is 2. The molecule has 1 heterocycles. The molecule has 0 atom stereocenters. The van der Waals surface area contributed by atoms with Crippen molar-refractivity contribution in [3.05, 3.63) is 22.9 Å². The lowest BCUT2D eigenvalue weighted by Gasteiger charge is -2.23. The Labute approximate surface area is 104 Å². The van der Waals surface area contributed by atoms with Gasteiger partial charge in [-0.2, -0.15) is 13.2 Å². The smallest absolute Gasteiger partial charge is 0.350 e. The second-order valence-corrected chi connectivity index (χ2v) is 4.61. The quantitative estimate of drug-likeness (QED) is 0.903. The molecule has 0 spiro atoms. The average molecular weight is 259 g/mol. The summed E-state index contributed by atoms with van der Waals surface area (Å²) in [7, 11) is 1.40. The van der Waals surface area contributed by atoms with Gasteiger partial charge in [-0.05, 0) is 30.9 Å². The van der Waals surface area contributed by atoms with Gasteiger partial charge in [0, 0.05) is 24.8 Å². The Morgan fingerprint density at radius 1 is 1.39 bits per heavy atom. The molecule has 0 amide bonds. The van der Waals surface area contributed by atoms with Crippen molar-refractivity contribution in [2.24, 2.45) is 5.73 Å². The van der Waals surface area contributed by atoms with E-state index in [0.717, 1.165) is 35.4 Å². The maximum atomic E-state index is 12.4. The van der Waals surface area contributed by atoms with Crippen LogP contribution in [-0.2, 0) is 19.4 Å². The lowest BCUT2D eigenvalue weighted by Crippen LogP contribution is -2.32. The molecule has 1 aliphatic rings. The highest BCUT2D eigenvalue weighted by molar-refractivity contribution is 5.50. The minimum atomic E-state index is -4.23. The molecule has 0 aliphatic heterocycles. The number of fused-ring (bicyclic) bond motifs is 1. The van der Waals surface area contributed by atoms with Crippen molar-refractivity contribution in [1.82, 2.24) is 4.98 Å². The minimum Gasteiger partial charge on any atom is -0.350 e. The standard InChI is InChI=1S/C12H16F3N3/c1-18(7-12(13,14)15)11-9(6-16)5-8-3-2-4-10(8)17-11/h5H,2-4,6-7,16H2,1H3. The van der Waals surface area contributed by atoms with Gasteiger partial charge in [-0.25, -0.2) is 4.98 Å². The third-order valence-corrected chi connectivity index (χ3v) is 3.10. The molecule has 3 nitrogen and oxygen atoms in total. The van der Waals surface area contributed by atoms with Gasteiger partial charge in [0.1, 0.15) is 12.4 Å². The van der Waals surface area contributed by atoms with Crippen molar-refractivity contribution in [2.75, 3.05) is 18.5 Å². The second kappa shape index (κ2) is 4.76. The molecule has 0 radical (unpaired) electrons. The Morgan fingerprint density at radius 3 is 2.72 bits per heavy atom. The van der Waals surface area contributed by atoms with Gasteiger partial charge in [-0.1, -0.05) is 0 Å². The van der Waals surface area contributed by atoms with Crippen LogP contribution in [0.4, 0.5) is 19.0 Å². The number of aromatic nitrogens is 1. The van der Waals surface area contributed by atoms with Crippen molar-refractivity contribution < 1.29 is 13.2 Å². The first kappa shape index (κ1) is 13.1. The number of hydrogen-bond acceptors (Lipinski definition) is 3. The lowest BCUT2D eigenvalue weighted by molar-refractivity contribution is -0.119. The maximum absolute atomic E-state index is 12.4. The molecular formula is C12H16F3N3. The van der Waals surface area contributed by atoms with E-state index in [1.165, 1.54) is 7.05 Å². The second-order valence-electron chi connectivity index (χ2n) is 4.61. The predicted molar refractivity (Wildman–Crippen MR) is 63.5 cm³/mol. The summed E-state index contributed by atoms with van der Waals surface area (Å²) in [6.07, 6.45) is -1.44. The maximum Gasteiger partial charge on any atom is 0.405 e. The fraction of sp³-hybridized carbons (Fsp3) is 0.583. The third-order valence-electron chi connectivity index (χ3n) is 3.10. The number of pyridine rings is 1. The molecule has 2 N–H and O–H groups in total. The SMILES string of the molecule is CN(CC(F)(F)F)c1nc2c(cc1CN)CCC2. The molecule has 100 valence electrons. The van der Waals surface area contributed by atoms with Crippen LogP contribution in [0, 0.1) is 0 Å². The van der Waals surface area contributed by atoms with Gasteiger partial charge in [0.15, 0.2) is 0 Å². The summed E-state index contributed by atoms with van der Waals surface area (Å²) in [6, 6.07) is 1.90. The molecule has 1 aromatic rings. The Kier molecular flexibility index (Phi) is 3.47. The van der Waals surface area contributed by atoms with Crippen molar-refractivity contribution in [3.63, 3.8) is 0 Å². The van der Waals surface area contributed by atoms with E-state index in [2.05, 4.69) is 4.98 Å². The van der Waals surface area contributed by atoms with Crippen molar-refractivity contribution >= 4 is 5.82 Å². The number of halogens is 3. The van der Waals surface area contributed by atoms with Crippen LogP contribution in [0.3, 0.4) is 0 Å². The fourth-order valence-corrected chi connectivity index (χ4v) is 2.33. The first-order chi connectivity index (χ1) is 8.40. The molecule has 0 unspecified atom stereocenters. The highest BCUT2D eigenvalue weighted by Crippen LogP contribution is 2.28. The third kappa shape index (κ3) is 2.75. The Hall–Kier alpha value is -1.30. The van der Waals surface area contributed by atoms with Gasteiger partial charge in [0.05, 0.1) is 0 Å². The molecule has 0 aromatic carbocycles. The summed E-state index contributed by atoms with van der Waals surface area (Å²) >= 11 is 0. The van der Waals surface area contributed by atoms with Crippen molar-refractivity contribution in [2.45, 2.75) is 32.0 Å². The van der Waals surface area contributed by atoms with Gasteiger partial charge < -0.3 is 10.6 Å². The zero-order chi connectivity index (χ0) is 13.3. The van der Waals surface area contributed by atoms with Gasteiger partial charge in [0.2, 0.25) is 0 Å². The number of nitrogens with two attached hydrogens (primary N) is 1. The molecule has 1 aromatic heterocycles. The zero-order valence-electron chi connectivity index (χ0n) is 10.2. The van der Waals surface area contributed by atoms with Crippen LogP contribution in [0.25, 0.3) is 0 Å². The summed E-state index contributed by atoms with van der Waals surface area (Å²) in [5.74, 6) is 0.357. The van der Waals surface area contributed by atoms with Crippen LogP contribution in [0.2, 0.25) is 0 Å². The summed E-state index contributed by atoms with van der Waals surface area (Å²) in [4.78, 5) is 5.48. The summed E-state index contributed by atoms with van der Waals surface area (Å²) in [5.41, 5.74) is 8.32. The Balaban J connectivity index is 2.31. The highest BCUT2D eigenvalue weighted by atomic mass is 19.4. The van der Waals surface area contributed by atoms with E-state index in [1.54, 1.807) is 0 Å². The van der Waals surface area contributed by atoms with E-state index in [0.29, 0.717) is 11.4 Å². The molecule has 18 heavy (non-hydrogen) atoms. The van der Waals surface area contributed by atoms with E-state index >= 15 is 0 Å². The molecule has 1 aliphatic carbocycles. The molecule has 0 saturated carbocycles. The number of alkyl halides is 3. The van der Waals surface area contributed by atoms with E-state index in [1.807, 2.05) is 6.07 Å². The molecular weight excluding hydrogens is 243 g/mol. The first-order valence-corrected chi connectivity index (χ1v) is 5.90. The van der Waals surface area contributed by atoms with E-state index in [-0.39, 0.29) is 6.54 Å². The van der Waals surface area contributed by atoms with Crippen LogP contribution >= 0.6 is 0 Å².